The number of fused-ring (bicyclic) bond motifs is 1. The van der Waals surface area contributed by atoms with Crippen molar-refractivity contribution in [2.24, 2.45) is 0 Å². The van der Waals surface area contributed by atoms with Gasteiger partial charge in [0.05, 0.1) is 11.8 Å². The van der Waals surface area contributed by atoms with E-state index in [4.69, 9.17) is 0 Å². The number of carbonyl (C=O) groups excluding carboxylic acids is 1. The highest BCUT2D eigenvalue weighted by molar-refractivity contribution is 14.1. The van der Waals surface area contributed by atoms with Gasteiger partial charge < -0.3 is 0 Å². The number of nitrogens with zero attached hydrogens (tertiary/aromatic N) is 3. The van der Waals surface area contributed by atoms with E-state index in [2.05, 4.69) is 43.6 Å². The zero-order valence-electron chi connectivity index (χ0n) is 10.9. The molecule has 0 fully saturated rings. The minimum atomic E-state index is 0.0419. The van der Waals surface area contributed by atoms with Gasteiger partial charge >= 0.3 is 0 Å². The number of hydrogen-bond acceptors (Lipinski definition) is 2. The summed E-state index contributed by atoms with van der Waals surface area (Å²) >= 11 is 5.73. The summed E-state index contributed by atoms with van der Waals surface area (Å²) in [5.41, 5.74) is 1.82. The first-order chi connectivity index (χ1) is 9.58. The molecule has 0 saturated heterocycles. The molecule has 1 aliphatic rings. The van der Waals surface area contributed by atoms with E-state index in [1.54, 1.807) is 6.20 Å². The van der Waals surface area contributed by atoms with Crippen LogP contribution in [0.3, 0.4) is 0 Å². The van der Waals surface area contributed by atoms with Gasteiger partial charge in [0, 0.05) is 27.2 Å². The standard InChI is InChI=1S/C14H13BrIN3O/c1-9-7-10(13(16)11(15)8-9)14(20)18-5-2-6-19-12(18)3-4-17-19/h3-4,7-8H,2,5-6H2,1H3. The normalized spacial score (nSPS) is 14.2. The van der Waals surface area contributed by atoms with E-state index < -0.39 is 0 Å². The van der Waals surface area contributed by atoms with Crippen molar-refractivity contribution in [3.63, 3.8) is 0 Å². The first kappa shape index (κ1) is 14.1. The Morgan fingerprint density at radius 3 is 3.00 bits per heavy atom. The van der Waals surface area contributed by atoms with Gasteiger partial charge in [0.15, 0.2) is 0 Å². The van der Waals surface area contributed by atoms with E-state index in [1.807, 2.05) is 34.7 Å². The van der Waals surface area contributed by atoms with Crippen LogP contribution in [0.15, 0.2) is 28.9 Å². The molecule has 20 heavy (non-hydrogen) atoms. The van der Waals surface area contributed by atoms with Gasteiger partial charge in [0.25, 0.3) is 5.91 Å². The average molecular weight is 446 g/mol. The monoisotopic (exact) mass is 445 g/mol. The first-order valence-corrected chi connectivity index (χ1v) is 8.24. The Bertz CT molecular complexity index is 683. The lowest BCUT2D eigenvalue weighted by Crippen LogP contribution is -2.38. The second-order valence-corrected chi connectivity index (χ2v) is 6.76. The van der Waals surface area contributed by atoms with E-state index in [0.717, 1.165) is 44.5 Å². The third kappa shape index (κ3) is 2.39. The summed E-state index contributed by atoms with van der Waals surface area (Å²) in [6.45, 7) is 3.62. The molecular formula is C14H13BrIN3O. The van der Waals surface area contributed by atoms with E-state index in [-0.39, 0.29) is 5.91 Å². The Morgan fingerprint density at radius 1 is 1.40 bits per heavy atom. The second-order valence-electron chi connectivity index (χ2n) is 4.83. The number of anilines is 1. The minimum absolute atomic E-state index is 0.0419. The Balaban J connectivity index is 2.03. The maximum Gasteiger partial charge on any atom is 0.260 e. The van der Waals surface area contributed by atoms with E-state index in [0.29, 0.717) is 0 Å². The predicted octanol–water partition coefficient (Wildman–Crippen LogP) is 3.61. The zero-order valence-corrected chi connectivity index (χ0v) is 14.7. The molecule has 1 aromatic heterocycles. The fourth-order valence-electron chi connectivity index (χ4n) is 2.45. The number of benzene rings is 1. The van der Waals surface area contributed by atoms with Gasteiger partial charge in [-0.1, -0.05) is 0 Å². The van der Waals surface area contributed by atoms with Crippen molar-refractivity contribution in [2.75, 3.05) is 11.4 Å². The van der Waals surface area contributed by atoms with E-state index >= 15 is 0 Å². The van der Waals surface area contributed by atoms with Crippen LogP contribution >= 0.6 is 38.5 Å². The zero-order chi connectivity index (χ0) is 14.3. The molecule has 104 valence electrons. The summed E-state index contributed by atoms with van der Waals surface area (Å²) in [5.74, 6) is 0.926. The predicted molar refractivity (Wildman–Crippen MR) is 90.1 cm³/mol. The molecule has 1 amide bonds. The van der Waals surface area contributed by atoms with Gasteiger partial charge in [-0.2, -0.15) is 5.10 Å². The number of aryl methyl sites for hydroxylation is 2. The summed E-state index contributed by atoms with van der Waals surface area (Å²) in [6, 6.07) is 5.87. The Hall–Kier alpha value is -0.890. The fourth-order valence-corrected chi connectivity index (χ4v) is 3.57. The Labute approximate surface area is 139 Å². The van der Waals surface area contributed by atoms with Crippen LogP contribution in [0.5, 0.6) is 0 Å². The molecular weight excluding hydrogens is 433 g/mol. The maximum atomic E-state index is 12.8. The first-order valence-electron chi connectivity index (χ1n) is 6.37. The topological polar surface area (TPSA) is 38.1 Å². The summed E-state index contributed by atoms with van der Waals surface area (Å²) < 4.78 is 3.81. The highest BCUT2D eigenvalue weighted by Gasteiger charge is 2.26. The van der Waals surface area contributed by atoms with Crippen LogP contribution in [0.2, 0.25) is 0 Å². The van der Waals surface area contributed by atoms with Gasteiger partial charge in [-0.3, -0.25) is 9.69 Å². The number of carbonyl (C=O) groups is 1. The molecule has 0 radical (unpaired) electrons. The molecule has 2 aromatic rings. The van der Waals surface area contributed by atoms with Crippen molar-refractivity contribution in [1.29, 1.82) is 0 Å². The van der Waals surface area contributed by atoms with Gasteiger partial charge in [-0.05, 0) is 69.6 Å². The van der Waals surface area contributed by atoms with Crippen molar-refractivity contribution in [2.45, 2.75) is 19.9 Å². The molecule has 0 unspecified atom stereocenters. The number of rotatable bonds is 1. The highest BCUT2D eigenvalue weighted by Crippen LogP contribution is 2.28. The van der Waals surface area contributed by atoms with Crippen LogP contribution in [-0.4, -0.2) is 22.2 Å². The van der Waals surface area contributed by atoms with Gasteiger partial charge in [-0.25, -0.2) is 4.68 Å². The third-order valence-electron chi connectivity index (χ3n) is 3.37. The van der Waals surface area contributed by atoms with Crippen LogP contribution < -0.4 is 4.90 Å². The largest absolute Gasteiger partial charge is 0.293 e. The molecule has 0 bridgehead atoms. The summed E-state index contributed by atoms with van der Waals surface area (Å²) in [7, 11) is 0. The van der Waals surface area contributed by atoms with E-state index in [9.17, 15) is 4.79 Å². The van der Waals surface area contributed by atoms with Gasteiger partial charge in [0.1, 0.15) is 5.82 Å². The Kier molecular flexibility index (Phi) is 3.85. The van der Waals surface area contributed by atoms with Crippen LogP contribution in [-0.2, 0) is 6.54 Å². The second kappa shape index (κ2) is 5.48. The van der Waals surface area contributed by atoms with Gasteiger partial charge in [0.2, 0.25) is 0 Å². The molecule has 2 heterocycles. The molecule has 0 saturated carbocycles. The molecule has 0 spiro atoms. The van der Waals surface area contributed by atoms with E-state index in [1.165, 1.54) is 0 Å². The molecule has 3 rings (SSSR count). The lowest BCUT2D eigenvalue weighted by molar-refractivity contribution is 0.0980. The molecule has 1 aromatic carbocycles. The number of amides is 1. The van der Waals surface area contributed by atoms with Crippen LogP contribution in [0.25, 0.3) is 0 Å². The summed E-state index contributed by atoms with van der Waals surface area (Å²) in [6.07, 6.45) is 2.68. The number of aromatic nitrogens is 2. The molecule has 4 nitrogen and oxygen atoms in total. The SMILES string of the molecule is Cc1cc(Br)c(I)c(C(=O)N2CCCn3nccc32)c1. The van der Waals surface area contributed by atoms with Crippen LogP contribution in [0, 0.1) is 10.5 Å². The minimum Gasteiger partial charge on any atom is -0.293 e. The molecule has 1 aliphatic heterocycles. The molecule has 0 atom stereocenters. The smallest absolute Gasteiger partial charge is 0.260 e. The van der Waals surface area contributed by atoms with Crippen molar-refractivity contribution < 1.29 is 4.79 Å². The summed E-state index contributed by atoms with van der Waals surface area (Å²) in [5, 5.41) is 4.25. The van der Waals surface area contributed by atoms with Crippen molar-refractivity contribution in [3.8, 4) is 0 Å². The fraction of sp³-hybridized carbons (Fsp3) is 0.286. The number of halogens is 2. The molecule has 6 heteroatoms. The van der Waals surface area contributed by atoms with Crippen molar-refractivity contribution >= 4 is 50.2 Å². The maximum absolute atomic E-state index is 12.8. The lowest BCUT2D eigenvalue weighted by Gasteiger charge is -2.28. The van der Waals surface area contributed by atoms with Crippen LogP contribution in [0.1, 0.15) is 22.3 Å². The van der Waals surface area contributed by atoms with Crippen molar-refractivity contribution in [3.05, 3.63) is 43.6 Å². The van der Waals surface area contributed by atoms with Crippen LogP contribution in [0.4, 0.5) is 5.82 Å². The highest BCUT2D eigenvalue weighted by atomic mass is 127. The summed E-state index contributed by atoms with van der Waals surface area (Å²) in [4.78, 5) is 14.7. The number of hydrogen-bond donors (Lipinski definition) is 0. The average Bonchev–Trinajstić information content (AvgIpc) is 2.90. The molecule has 0 N–H and O–H groups in total. The Morgan fingerprint density at radius 2 is 2.20 bits per heavy atom. The lowest BCUT2D eigenvalue weighted by atomic mass is 10.1. The van der Waals surface area contributed by atoms with Crippen molar-refractivity contribution in [1.82, 2.24) is 9.78 Å². The third-order valence-corrected chi connectivity index (χ3v) is 5.90. The van der Waals surface area contributed by atoms with Gasteiger partial charge in [-0.15, -0.1) is 0 Å². The quantitative estimate of drug-likeness (QED) is 0.629. The molecule has 0 aliphatic carbocycles.